The SMILES string of the molecule is CC1(C(=O)[O-])CCC(C(N)=O)C1(C)C.[K+]. The first kappa shape index (κ1) is 15.6. The fourth-order valence-electron chi connectivity index (χ4n) is 2.36. The van der Waals surface area contributed by atoms with E-state index >= 15 is 0 Å². The first-order valence-corrected chi connectivity index (χ1v) is 4.74. The van der Waals surface area contributed by atoms with Crippen LogP contribution in [-0.2, 0) is 9.59 Å². The predicted molar refractivity (Wildman–Crippen MR) is 48.8 cm³/mol. The third-order valence-electron chi connectivity index (χ3n) is 4.02. The topological polar surface area (TPSA) is 83.2 Å². The predicted octanol–water partition coefficient (Wildman–Crippen LogP) is -3.33. The standard InChI is InChI=1S/C10H17NO3.K/c1-9(2)6(7(11)12)4-5-10(9,3)8(13)14;/h6H,4-5H2,1-3H3,(H2,11,12)(H,13,14);/q;+1/p-1. The van der Waals surface area contributed by atoms with Gasteiger partial charge in [-0.3, -0.25) is 4.79 Å². The van der Waals surface area contributed by atoms with Gasteiger partial charge in [0.25, 0.3) is 0 Å². The summed E-state index contributed by atoms with van der Waals surface area (Å²) in [6.45, 7) is 5.17. The number of nitrogens with two attached hydrogens (primary N) is 1. The minimum Gasteiger partial charge on any atom is -0.550 e. The number of carbonyl (C=O) groups is 2. The summed E-state index contributed by atoms with van der Waals surface area (Å²) in [5.74, 6) is -1.88. The summed E-state index contributed by atoms with van der Waals surface area (Å²) >= 11 is 0. The molecule has 0 aromatic heterocycles. The van der Waals surface area contributed by atoms with E-state index in [9.17, 15) is 14.7 Å². The van der Waals surface area contributed by atoms with Gasteiger partial charge in [0.2, 0.25) is 5.91 Å². The van der Waals surface area contributed by atoms with E-state index in [-0.39, 0.29) is 57.3 Å². The molecule has 1 fully saturated rings. The molecule has 1 saturated carbocycles. The molecule has 0 radical (unpaired) electrons. The van der Waals surface area contributed by atoms with Gasteiger partial charge in [0.15, 0.2) is 0 Å². The Hall–Kier alpha value is 0.576. The second-order valence-corrected chi connectivity index (χ2v) is 4.83. The molecule has 0 spiro atoms. The molecule has 0 aliphatic heterocycles. The largest absolute Gasteiger partial charge is 1.00 e. The molecule has 0 aromatic carbocycles. The van der Waals surface area contributed by atoms with E-state index < -0.39 is 22.7 Å². The van der Waals surface area contributed by atoms with Crippen molar-refractivity contribution in [3.05, 3.63) is 0 Å². The summed E-state index contributed by atoms with van der Waals surface area (Å²) in [7, 11) is 0. The van der Waals surface area contributed by atoms with Crippen LogP contribution in [0.1, 0.15) is 33.6 Å². The molecule has 15 heavy (non-hydrogen) atoms. The van der Waals surface area contributed by atoms with Gasteiger partial charge in [-0.15, -0.1) is 0 Å². The Bertz CT molecular complexity index is 290. The number of hydrogen-bond donors (Lipinski definition) is 1. The van der Waals surface area contributed by atoms with Gasteiger partial charge in [0.05, 0.1) is 0 Å². The molecule has 1 amide bonds. The fourth-order valence-corrected chi connectivity index (χ4v) is 2.36. The van der Waals surface area contributed by atoms with Crippen molar-refractivity contribution in [3.8, 4) is 0 Å². The van der Waals surface area contributed by atoms with E-state index in [1.165, 1.54) is 0 Å². The first-order chi connectivity index (χ1) is 6.23. The van der Waals surface area contributed by atoms with Crippen molar-refractivity contribution in [1.29, 1.82) is 0 Å². The summed E-state index contributed by atoms with van der Waals surface area (Å²) in [6, 6.07) is 0. The van der Waals surface area contributed by atoms with E-state index in [1.54, 1.807) is 20.8 Å². The van der Waals surface area contributed by atoms with Crippen LogP contribution in [0.25, 0.3) is 0 Å². The molecule has 2 unspecified atom stereocenters. The fraction of sp³-hybridized carbons (Fsp3) is 0.800. The molecule has 1 aliphatic rings. The maximum atomic E-state index is 11.1. The van der Waals surface area contributed by atoms with Crippen molar-refractivity contribution in [3.63, 3.8) is 0 Å². The number of aliphatic carboxylic acids is 1. The first-order valence-electron chi connectivity index (χ1n) is 4.74. The number of carboxylic acids is 1. The maximum Gasteiger partial charge on any atom is 1.00 e. The van der Waals surface area contributed by atoms with Crippen LogP contribution >= 0.6 is 0 Å². The normalized spacial score (nSPS) is 33.1. The maximum absolute atomic E-state index is 11.1. The van der Waals surface area contributed by atoms with Gasteiger partial charge in [0, 0.05) is 17.3 Å². The Labute approximate surface area is 132 Å². The van der Waals surface area contributed by atoms with Crippen molar-refractivity contribution >= 4 is 11.9 Å². The van der Waals surface area contributed by atoms with Gasteiger partial charge in [-0.2, -0.15) is 0 Å². The van der Waals surface area contributed by atoms with Crippen LogP contribution in [0.5, 0.6) is 0 Å². The molecular formula is C10H16KNO3. The average Bonchev–Trinajstić information content (AvgIpc) is 2.24. The van der Waals surface area contributed by atoms with Crippen molar-refractivity contribution in [2.24, 2.45) is 22.5 Å². The molecule has 1 aliphatic carbocycles. The summed E-state index contributed by atoms with van der Waals surface area (Å²) < 4.78 is 0. The molecule has 80 valence electrons. The monoisotopic (exact) mass is 237 g/mol. The Morgan fingerprint density at radius 2 is 1.80 bits per heavy atom. The zero-order valence-electron chi connectivity index (χ0n) is 9.79. The van der Waals surface area contributed by atoms with Crippen molar-refractivity contribution < 1.29 is 66.1 Å². The van der Waals surface area contributed by atoms with Crippen molar-refractivity contribution in [2.75, 3.05) is 0 Å². The van der Waals surface area contributed by atoms with E-state index in [4.69, 9.17) is 5.73 Å². The van der Waals surface area contributed by atoms with Gasteiger partial charge in [-0.25, -0.2) is 0 Å². The van der Waals surface area contributed by atoms with Crippen LogP contribution in [0.3, 0.4) is 0 Å². The number of rotatable bonds is 2. The number of amides is 1. The summed E-state index contributed by atoms with van der Waals surface area (Å²) in [4.78, 5) is 22.2. The molecule has 0 bridgehead atoms. The van der Waals surface area contributed by atoms with E-state index in [0.29, 0.717) is 12.8 Å². The van der Waals surface area contributed by atoms with Crippen molar-refractivity contribution in [2.45, 2.75) is 33.6 Å². The molecular weight excluding hydrogens is 221 g/mol. The summed E-state index contributed by atoms with van der Waals surface area (Å²) in [6.07, 6.45) is 0.989. The summed E-state index contributed by atoms with van der Waals surface area (Å²) in [5.41, 5.74) is 3.66. The second kappa shape index (κ2) is 4.83. The Kier molecular flexibility index (Phi) is 5.02. The summed E-state index contributed by atoms with van der Waals surface area (Å²) in [5, 5.41) is 11.0. The average molecular weight is 237 g/mol. The van der Waals surface area contributed by atoms with Crippen LogP contribution < -0.4 is 62.2 Å². The number of primary amides is 1. The number of carboxylic acid groups (broad SMARTS) is 1. The quantitative estimate of drug-likeness (QED) is 0.510. The van der Waals surface area contributed by atoms with E-state index in [2.05, 4.69) is 0 Å². The molecule has 1 rings (SSSR count). The molecule has 2 atom stereocenters. The van der Waals surface area contributed by atoms with Crippen LogP contribution in [-0.4, -0.2) is 11.9 Å². The molecule has 4 nitrogen and oxygen atoms in total. The Morgan fingerprint density at radius 1 is 1.33 bits per heavy atom. The smallest absolute Gasteiger partial charge is 0.550 e. The molecule has 0 heterocycles. The number of hydrogen-bond acceptors (Lipinski definition) is 3. The van der Waals surface area contributed by atoms with E-state index in [0.717, 1.165) is 0 Å². The van der Waals surface area contributed by atoms with Crippen LogP contribution in [0, 0.1) is 16.7 Å². The molecule has 2 N–H and O–H groups in total. The van der Waals surface area contributed by atoms with E-state index in [1.807, 2.05) is 0 Å². The third kappa shape index (κ3) is 2.31. The van der Waals surface area contributed by atoms with Crippen LogP contribution in [0.15, 0.2) is 0 Å². The zero-order valence-corrected chi connectivity index (χ0v) is 12.9. The zero-order chi connectivity index (χ0) is 11.1. The second-order valence-electron chi connectivity index (χ2n) is 4.83. The number of carbonyl (C=O) groups excluding carboxylic acids is 2. The Morgan fingerprint density at radius 3 is 2.00 bits per heavy atom. The van der Waals surface area contributed by atoms with Gasteiger partial charge in [0.1, 0.15) is 0 Å². The van der Waals surface area contributed by atoms with Crippen LogP contribution in [0.4, 0.5) is 0 Å². The molecule has 0 aromatic rings. The minimum absolute atomic E-state index is 0. The van der Waals surface area contributed by atoms with Crippen molar-refractivity contribution in [1.82, 2.24) is 0 Å². The van der Waals surface area contributed by atoms with Gasteiger partial charge < -0.3 is 15.6 Å². The van der Waals surface area contributed by atoms with Gasteiger partial charge >= 0.3 is 51.4 Å². The van der Waals surface area contributed by atoms with Gasteiger partial charge in [-0.1, -0.05) is 20.8 Å². The Balaban J connectivity index is 0.00000196. The molecule has 0 saturated heterocycles. The minimum atomic E-state index is -1.09. The molecule has 5 heteroatoms. The van der Waals surface area contributed by atoms with Crippen LogP contribution in [0.2, 0.25) is 0 Å². The third-order valence-corrected chi connectivity index (χ3v) is 4.02. The van der Waals surface area contributed by atoms with Gasteiger partial charge in [-0.05, 0) is 18.3 Å².